The van der Waals surface area contributed by atoms with Gasteiger partial charge < -0.3 is 25.8 Å². The van der Waals surface area contributed by atoms with Crippen molar-refractivity contribution in [2.24, 2.45) is 0 Å². The molecule has 0 aliphatic carbocycles. The van der Waals surface area contributed by atoms with E-state index < -0.39 is 42.4 Å². The smallest absolute Gasteiger partial charge is 0.330 e. The van der Waals surface area contributed by atoms with Gasteiger partial charge in [0.05, 0.1) is 6.61 Å². The highest BCUT2D eigenvalue weighted by atomic mass is 16.6. The third-order valence-electron chi connectivity index (χ3n) is 3.94. The summed E-state index contributed by atoms with van der Waals surface area (Å²) in [7, 11) is 0. The lowest BCUT2D eigenvalue weighted by Crippen LogP contribution is -2.35. The Hall–Kier alpha value is -2.47. The van der Waals surface area contributed by atoms with E-state index in [-0.39, 0.29) is 23.7 Å². The number of aliphatic hydroxyl groups excluding tert-OH is 3. The van der Waals surface area contributed by atoms with E-state index in [0.717, 1.165) is 9.13 Å². The van der Waals surface area contributed by atoms with Gasteiger partial charge in [-0.25, -0.2) is 9.36 Å². The van der Waals surface area contributed by atoms with Crippen LogP contribution in [0.3, 0.4) is 0 Å². The van der Waals surface area contributed by atoms with E-state index >= 15 is 0 Å². The molecule has 24 heavy (non-hydrogen) atoms. The van der Waals surface area contributed by atoms with Crippen molar-refractivity contribution in [1.29, 1.82) is 0 Å². The zero-order valence-electron chi connectivity index (χ0n) is 12.5. The molecule has 0 spiro atoms. The molecule has 1 saturated heterocycles. The molecule has 6 N–H and O–H groups in total. The van der Waals surface area contributed by atoms with Gasteiger partial charge in [0.15, 0.2) is 17.4 Å². The van der Waals surface area contributed by atoms with Gasteiger partial charge in [-0.2, -0.15) is 4.98 Å². The topological polar surface area (TPSA) is 169 Å². The van der Waals surface area contributed by atoms with Gasteiger partial charge >= 0.3 is 5.69 Å². The van der Waals surface area contributed by atoms with E-state index in [0.29, 0.717) is 0 Å². The van der Waals surface area contributed by atoms with Gasteiger partial charge in [0.25, 0.3) is 5.56 Å². The van der Waals surface area contributed by atoms with Crippen LogP contribution in [0.2, 0.25) is 0 Å². The Morgan fingerprint density at radius 2 is 2.08 bits per heavy atom. The number of aromatic amines is 1. The molecule has 2 aromatic rings. The molecule has 1 aliphatic heterocycles. The predicted octanol–water partition coefficient (Wildman–Crippen LogP) is -2.73. The van der Waals surface area contributed by atoms with E-state index in [1.165, 1.54) is 6.08 Å². The molecule has 130 valence electrons. The average Bonchev–Trinajstić information content (AvgIpc) is 3.01. The second-order valence-corrected chi connectivity index (χ2v) is 5.40. The standard InChI is InChI=1S/C13H17N5O6/c1-2-3-17-10(22)6-9(16-12(17)14)18(13(23)15-6)11-8(21)7(20)5(4-19)24-11/h2,5,7-8,11,19-21H,1,3-4H2,(H2,14,16)(H,15,23)/t5-,7-,8+,11+/m0/s1. The van der Waals surface area contributed by atoms with Gasteiger partial charge in [0, 0.05) is 6.54 Å². The summed E-state index contributed by atoms with van der Waals surface area (Å²) >= 11 is 0. The minimum absolute atomic E-state index is 0.106. The van der Waals surface area contributed by atoms with Crippen LogP contribution < -0.4 is 17.0 Å². The van der Waals surface area contributed by atoms with Crippen molar-refractivity contribution in [3.8, 4) is 0 Å². The second kappa shape index (κ2) is 5.87. The van der Waals surface area contributed by atoms with E-state index in [4.69, 9.17) is 15.6 Å². The molecule has 11 heteroatoms. The fraction of sp³-hybridized carbons (Fsp3) is 0.462. The van der Waals surface area contributed by atoms with Gasteiger partial charge in [-0.1, -0.05) is 6.08 Å². The second-order valence-electron chi connectivity index (χ2n) is 5.40. The maximum atomic E-state index is 12.4. The van der Waals surface area contributed by atoms with Gasteiger partial charge in [-0.05, 0) is 0 Å². The number of ether oxygens (including phenoxy) is 1. The van der Waals surface area contributed by atoms with Crippen LogP contribution in [0.15, 0.2) is 22.2 Å². The highest BCUT2D eigenvalue weighted by Gasteiger charge is 2.44. The van der Waals surface area contributed by atoms with E-state index in [1.54, 1.807) is 0 Å². The molecule has 11 nitrogen and oxygen atoms in total. The minimum atomic E-state index is -1.49. The SMILES string of the molecule is C=CCn1c(N)nc2c([nH]c(=O)n2[C@@H]2O[C@@H](CO)[C@H](O)[C@H]2O)c1=O. The third kappa shape index (κ3) is 2.26. The summed E-state index contributed by atoms with van der Waals surface area (Å²) in [6.07, 6.45) is -3.82. The van der Waals surface area contributed by atoms with Crippen molar-refractivity contribution in [3.63, 3.8) is 0 Å². The number of imidazole rings is 1. The van der Waals surface area contributed by atoms with Crippen LogP contribution in [0.25, 0.3) is 11.2 Å². The maximum Gasteiger partial charge on any atom is 0.330 e. The number of nitrogens with two attached hydrogens (primary N) is 1. The van der Waals surface area contributed by atoms with Crippen LogP contribution in [-0.4, -0.2) is 59.3 Å². The molecule has 1 aliphatic rings. The minimum Gasteiger partial charge on any atom is -0.394 e. The molecule has 0 unspecified atom stereocenters. The van der Waals surface area contributed by atoms with Crippen molar-refractivity contribution >= 4 is 17.1 Å². The summed E-state index contributed by atoms with van der Waals surface area (Å²) in [6.45, 7) is 3.07. The highest BCUT2D eigenvalue weighted by Crippen LogP contribution is 2.29. The molecule has 0 radical (unpaired) electrons. The molecule has 1 fully saturated rings. The number of hydrogen-bond acceptors (Lipinski definition) is 8. The number of aliphatic hydroxyl groups is 3. The summed E-state index contributed by atoms with van der Waals surface area (Å²) in [5, 5.41) is 29.1. The zero-order valence-corrected chi connectivity index (χ0v) is 12.5. The number of nitrogens with one attached hydrogen (secondary N) is 1. The van der Waals surface area contributed by atoms with Crippen LogP contribution in [0.5, 0.6) is 0 Å². The summed E-state index contributed by atoms with van der Waals surface area (Å²) in [6, 6.07) is 0. The molecule has 0 amide bonds. The molecule has 3 rings (SSSR count). The number of anilines is 1. The number of allylic oxidation sites excluding steroid dienone is 1. The van der Waals surface area contributed by atoms with Crippen LogP contribution in [0.1, 0.15) is 6.23 Å². The largest absolute Gasteiger partial charge is 0.394 e. The Bertz CT molecular complexity index is 899. The molecular weight excluding hydrogens is 322 g/mol. The summed E-state index contributed by atoms with van der Waals surface area (Å²) < 4.78 is 7.33. The van der Waals surface area contributed by atoms with Crippen LogP contribution in [-0.2, 0) is 11.3 Å². The monoisotopic (exact) mass is 339 g/mol. The normalized spacial score (nSPS) is 27.0. The lowest BCUT2D eigenvalue weighted by molar-refractivity contribution is -0.0524. The predicted molar refractivity (Wildman–Crippen MR) is 82.2 cm³/mol. The Morgan fingerprint density at radius 1 is 1.38 bits per heavy atom. The molecule has 3 heterocycles. The van der Waals surface area contributed by atoms with Crippen molar-refractivity contribution in [1.82, 2.24) is 19.1 Å². The first kappa shape index (κ1) is 16.4. The number of fused-ring (bicyclic) bond motifs is 1. The van der Waals surface area contributed by atoms with Crippen LogP contribution >= 0.6 is 0 Å². The van der Waals surface area contributed by atoms with E-state index in [1.807, 2.05) is 0 Å². The van der Waals surface area contributed by atoms with E-state index in [2.05, 4.69) is 16.5 Å². The Labute approximate surface area is 134 Å². The fourth-order valence-electron chi connectivity index (χ4n) is 2.74. The van der Waals surface area contributed by atoms with Gasteiger partial charge in [-0.15, -0.1) is 6.58 Å². The van der Waals surface area contributed by atoms with Crippen molar-refractivity contribution < 1.29 is 20.1 Å². The van der Waals surface area contributed by atoms with E-state index in [9.17, 15) is 19.8 Å². The summed E-state index contributed by atoms with van der Waals surface area (Å²) in [5.41, 5.74) is 4.17. The first-order valence-electron chi connectivity index (χ1n) is 7.14. The molecule has 2 aromatic heterocycles. The fourth-order valence-corrected chi connectivity index (χ4v) is 2.74. The number of nitrogens with zero attached hydrogens (tertiary/aromatic N) is 3. The van der Waals surface area contributed by atoms with Gasteiger partial charge in [0.2, 0.25) is 5.95 Å². The number of aromatic nitrogens is 4. The van der Waals surface area contributed by atoms with Crippen LogP contribution in [0.4, 0.5) is 5.95 Å². The Balaban J connectivity index is 2.20. The van der Waals surface area contributed by atoms with Crippen molar-refractivity contribution in [2.75, 3.05) is 12.3 Å². The Kier molecular flexibility index (Phi) is 4.01. The van der Waals surface area contributed by atoms with Crippen LogP contribution in [0, 0.1) is 0 Å². The lowest BCUT2D eigenvalue weighted by Gasteiger charge is -2.16. The molecule has 0 saturated carbocycles. The number of H-pyrrole nitrogens is 1. The molecule has 4 atom stereocenters. The molecular formula is C13H17N5O6. The van der Waals surface area contributed by atoms with Crippen molar-refractivity contribution in [2.45, 2.75) is 31.1 Å². The number of hydrogen-bond donors (Lipinski definition) is 5. The molecule has 0 bridgehead atoms. The van der Waals surface area contributed by atoms with Gasteiger partial charge in [-0.3, -0.25) is 14.3 Å². The Morgan fingerprint density at radius 3 is 2.67 bits per heavy atom. The van der Waals surface area contributed by atoms with Gasteiger partial charge in [0.1, 0.15) is 18.3 Å². The first-order chi connectivity index (χ1) is 11.4. The highest BCUT2D eigenvalue weighted by molar-refractivity contribution is 5.71. The number of nitrogen functional groups attached to an aromatic ring is 1. The zero-order chi connectivity index (χ0) is 17.6. The quantitative estimate of drug-likeness (QED) is 0.374. The summed E-state index contributed by atoms with van der Waals surface area (Å²) in [4.78, 5) is 31.0. The third-order valence-corrected chi connectivity index (χ3v) is 3.94. The number of rotatable bonds is 4. The molecule has 0 aromatic carbocycles. The maximum absolute atomic E-state index is 12.4. The summed E-state index contributed by atoms with van der Waals surface area (Å²) in [5.74, 6) is -0.146. The lowest BCUT2D eigenvalue weighted by atomic mass is 10.1. The first-order valence-corrected chi connectivity index (χ1v) is 7.14. The average molecular weight is 339 g/mol. The van der Waals surface area contributed by atoms with Crippen molar-refractivity contribution in [3.05, 3.63) is 33.5 Å².